The molecule has 0 saturated heterocycles. The van der Waals surface area contributed by atoms with E-state index in [1.54, 1.807) is 0 Å². The van der Waals surface area contributed by atoms with Gasteiger partial charge < -0.3 is 14.2 Å². The average Bonchev–Trinajstić information content (AvgIpc) is 3.25. The molecule has 1 atom stereocenters. The molecular weight excluding hydrogens is 741 g/mol. The fourth-order valence-electron chi connectivity index (χ4n) is 5.78. The lowest BCUT2D eigenvalue weighted by atomic mass is 10.1. The molecule has 0 saturated carbocycles. The van der Waals surface area contributed by atoms with Crippen molar-refractivity contribution in [3.63, 3.8) is 0 Å². The summed E-state index contributed by atoms with van der Waals surface area (Å²) < 4.78 is 17.2. The Labute approximate surface area is 369 Å². The summed E-state index contributed by atoms with van der Waals surface area (Å²) in [4.78, 5) is 25.3. The summed E-state index contributed by atoms with van der Waals surface area (Å²) in [6.07, 6.45) is 70.5. The summed E-state index contributed by atoms with van der Waals surface area (Å²) in [5.74, 6) is -0.505. The van der Waals surface area contributed by atoms with E-state index >= 15 is 0 Å². The first-order valence-corrected chi connectivity index (χ1v) is 23.7. The molecule has 0 spiro atoms. The zero-order valence-corrected chi connectivity index (χ0v) is 38.4. The van der Waals surface area contributed by atoms with Gasteiger partial charge in [0.2, 0.25) is 0 Å². The summed E-state index contributed by atoms with van der Waals surface area (Å²) in [5, 5.41) is 0. The number of rotatable bonds is 41. The Bertz CT molecular complexity index is 1300. The van der Waals surface area contributed by atoms with E-state index in [2.05, 4.69) is 154 Å². The van der Waals surface area contributed by atoms with E-state index in [4.69, 9.17) is 14.2 Å². The molecule has 0 rings (SSSR count). The zero-order chi connectivity index (χ0) is 43.5. The van der Waals surface area contributed by atoms with Crippen LogP contribution in [0.4, 0.5) is 0 Å². The number of hydrogen-bond acceptors (Lipinski definition) is 5. The molecule has 5 nitrogen and oxygen atoms in total. The van der Waals surface area contributed by atoms with Crippen LogP contribution >= 0.6 is 0 Å². The lowest BCUT2D eigenvalue weighted by molar-refractivity contribution is -0.162. The molecule has 5 heteroatoms. The quantitative estimate of drug-likeness (QED) is 0.0349. The Kier molecular flexibility index (Phi) is 46.1. The summed E-state index contributed by atoms with van der Waals surface area (Å²) >= 11 is 0. The predicted octanol–water partition coefficient (Wildman–Crippen LogP) is 16.0. The van der Waals surface area contributed by atoms with Gasteiger partial charge >= 0.3 is 11.9 Å². The molecule has 0 aliphatic carbocycles. The molecule has 0 aromatic rings. The fraction of sp³-hybridized carbons (Fsp3) is 0.564. The maximum absolute atomic E-state index is 12.7. The third kappa shape index (κ3) is 46.7. The van der Waals surface area contributed by atoms with Gasteiger partial charge in [-0.2, -0.15) is 0 Å². The van der Waals surface area contributed by atoms with Crippen LogP contribution in [0.2, 0.25) is 0 Å². The first-order chi connectivity index (χ1) is 29.6. The van der Waals surface area contributed by atoms with Crippen LogP contribution in [0.25, 0.3) is 0 Å². The van der Waals surface area contributed by atoms with Gasteiger partial charge in [0.05, 0.1) is 13.2 Å². The van der Waals surface area contributed by atoms with Gasteiger partial charge in [-0.1, -0.05) is 180 Å². The number of allylic oxidation sites excluding steroid dienone is 21. The molecule has 0 aromatic heterocycles. The molecular formula is C55H86O5. The second-order valence-electron chi connectivity index (χ2n) is 14.9. The smallest absolute Gasteiger partial charge is 0.306 e. The van der Waals surface area contributed by atoms with Crippen LogP contribution in [0.1, 0.15) is 175 Å². The van der Waals surface area contributed by atoms with Crippen molar-refractivity contribution in [1.29, 1.82) is 0 Å². The minimum absolute atomic E-state index is 0.0251. The Morgan fingerprint density at radius 2 is 0.700 bits per heavy atom. The largest absolute Gasteiger partial charge is 0.462 e. The zero-order valence-electron chi connectivity index (χ0n) is 38.4. The van der Waals surface area contributed by atoms with Gasteiger partial charge in [0.1, 0.15) is 6.61 Å². The monoisotopic (exact) mass is 827 g/mol. The normalized spacial score (nSPS) is 13.4. The number of hydrogen-bond donors (Lipinski definition) is 0. The highest BCUT2D eigenvalue weighted by atomic mass is 16.6. The van der Waals surface area contributed by atoms with Gasteiger partial charge in [0, 0.05) is 12.8 Å². The van der Waals surface area contributed by atoms with Crippen molar-refractivity contribution in [3.05, 3.63) is 134 Å². The third-order valence-electron chi connectivity index (χ3n) is 9.18. The molecule has 0 fully saturated rings. The number of carbonyl (C=O) groups is 2. The first-order valence-electron chi connectivity index (χ1n) is 23.7. The number of unbranched alkanes of at least 4 members (excludes halogenated alkanes) is 8. The molecule has 0 bridgehead atoms. The van der Waals surface area contributed by atoms with Gasteiger partial charge in [-0.05, 0) is 116 Å². The Hall–Kier alpha value is -3.96. The molecule has 60 heavy (non-hydrogen) atoms. The highest BCUT2D eigenvalue weighted by molar-refractivity contribution is 5.70. The second-order valence-corrected chi connectivity index (χ2v) is 14.9. The number of esters is 2. The standard InChI is InChI=1S/C55H86O5/c1-4-7-10-13-16-19-22-25-27-29-32-35-38-41-44-47-50-58-51-53(60-55(57)49-46-43-40-37-34-30-24-21-18-15-12-9-6-3)52-59-54(56)48-45-42-39-36-33-31-28-26-23-20-17-14-11-8-5-2/h7-12,16-21,25-28,30,32,34-35,41,44,53H,4-6,13-15,22-24,29,31,33,36-40,42-43,45-52H2,1-3H3/b10-7-,11-8-,12-9-,19-16-,20-17-,21-18-,27-25-,28-26-,34-30-,35-32-,44-41-. The molecule has 0 heterocycles. The fourth-order valence-corrected chi connectivity index (χ4v) is 5.78. The topological polar surface area (TPSA) is 61.8 Å². The van der Waals surface area contributed by atoms with Crippen LogP contribution in [-0.2, 0) is 23.8 Å². The summed E-state index contributed by atoms with van der Waals surface area (Å²) in [6.45, 7) is 7.19. The van der Waals surface area contributed by atoms with E-state index in [-0.39, 0.29) is 25.2 Å². The second kappa shape index (κ2) is 49.4. The summed E-state index contributed by atoms with van der Waals surface area (Å²) in [7, 11) is 0. The summed E-state index contributed by atoms with van der Waals surface area (Å²) in [6, 6.07) is 0. The Balaban J connectivity index is 4.49. The molecule has 336 valence electrons. The van der Waals surface area contributed by atoms with E-state index in [9.17, 15) is 9.59 Å². The van der Waals surface area contributed by atoms with Crippen molar-refractivity contribution in [2.45, 2.75) is 181 Å². The van der Waals surface area contributed by atoms with Gasteiger partial charge in [0.25, 0.3) is 0 Å². The minimum atomic E-state index is -0.607. The highest BCUT2D eigenvalue weighted by Crippen LogP contribution is 2.11. The van der Waals surface area contributed by atoms with E-state index in [1.807, 2.05) is 0 Å². The molecule has 0 aromatic carbocycles. The van der Waals surface area contributed by atoms with Crippen LogP contribution in [0, 0.1) is 0 Å². The van der Waals surface area contributed by atoms with Crippen molar-refractivity contribution in [1.82, 2.24) is 0 Å². The van der Waals surface area contributed by atoms with Crippen molar-refractivity contribution < 1.29 is 23.8 Å². The van der Waals surface area contributed by atoms with Crippen LogP contribution in [0.5, 0.6) is 0 Å². The third-order valence-corrected chi connectivity index (χ3v) is 9.18. The first kappa shape index (κ1) is 56.0. The predicted molar refractivity (Wildman–Crippen MR) is 260 cm³/mol. The van der Waals surface area contributed by atoms with Crippen LogP contribution in [-0.4, -0.2) is 37.9 Å². The van der Waals surface area contributed by atoms with Gasteiger partial charge in [-0.3, -0.25) is 9.59 Å². The number of ether oxygens (including phenoxy) is 3. The maximum atomic E-state index is 12.7. The van der Waals surface area contributed by atoms with Crippen molar-refractivity contribution in [2.75, 3.05) is 19.8 Å². The molecule has 0 aliphatic heterocycles. The molecule has 0 radical (unpaired) electrons. The van der Waals surface area contributed by atoms with E-state index in [1.165, 1.54) is 6.42 Å². The summed E-state index contributed by atoms with van der Waals surface area (Å²) in [5.41, 5.74) is 0. The van der Waals surface area contributed by atoms with E-state index < -0.39 is 6.10 Å². The SMILES string of the molecule is CC/C=C\C/C=C\C/C=C\C/C=C\C/C=C\CCOCC(COC(=O)CCCCCCC/C=C\C/C=C\C/C=C\CC)OC(=O)CCCCC/C=C\C/C=C\C/C=C\CC. The lowest BCUT2D eigenvalue weighted by Gasteiger charge is -2.18. The van der Waals surface area contributed by atoms with E-state index in [0.717, 1.165) is 135 Å². The van der Waals surface area contributed by atoms with Crippen LogP contribution < -0.4 is 0 Å². The Morgan fingerprint density at radius 1 is 0.367 bits per heavy atom. The Morgan fingerprint density at radius 3 is 1.13 bits per heavy atom. The highest BCUT2D eigenvalue weighted by Gasteiger charge is 2.17. The van der Waals surface area contributed by atoms with Crippen molar-refractivity contribution in [2.24, 2.45) is 0 Å². The van der Waals surface area contributed by atoms with Crippen LogP contribution in [0.15, 0.2) is 134 Å². The molecule has 0 N–H and O–H groups in total. The number of carbonyl (C=O) groups excluding carboxylic acids is 2. The van der Waals surface area contributed by atoms with E-state index in [0.29, 0.717) is 19.4 Å². The van der Waals surface area contributed by atoms with Crippen molar-refractivity contribution in [3.8, 4) is 0 Å². The molecule has 0 amide bonds. The minimum Gasteiger partial charge on any atom is -0.462 e. The maximum Gasteiger partial charge on any atom is 0.306 e. The molecule has 1 unspecified atom stereocenters. The molecule has 0 aliphatic rings. The van der Waals surface area contributed by atoms with Crippen LogP contribution in [0.3, 0.4) is 0 Å². The average molecular weight is 827 g/mol. The van der Waals surface area contributed by atoms with Gasteiger partial charge in [0.15, 0.2) is 6.10 Å². The lowest BCUT2D eigenvalue weighted by Crippen LogP contribution is -2.30. The van der Waals surface area contributed by atoms with Gasteiger partial charge in [-0.25, -0.2) is 0 Å². The van der Waals surface area contributed by atoms with Gasteiger partial charge in [-0.15, -0.1) is 0 Å². The van der Waals surface area contributed by atoms with Crippen molar-refractivity contribution >= 4 is 11.9 Å².